The molecule has 130 valence electrons. The number of aromatic nitrogens is 2. The Morgan fingerprint density at radius 3 is 2.65 bits per heavy atom. The van der Waals surface area contributed by atoms with Gasteiger partial charge in [0.05, 0.1) is 23.1 Å². The molecule has 5 nitrogen and oxygen atoms in total. The Bertz CT molecular complexity index is 958. The Kier molecular flexibility index (Phi) is 4.31. The maximum Gasteiger partial charge on any atom is 0.275 e. The fourth-order valence-electron chi connectivity index (χ4n) is 3.23. The van der Waals surface area contributed by atoms with Gasteiger partial charge in [-0.2, -0.15) is 0 Å². The molecule has 26 heavy (non-hydrogen) atoms. The van der Waals surface area contributed by atoms with Crippen molar-refractivity contribution in [1.29, 1.82) is 0 Å². The lowest BCUT2D eigenvalue weighted by Crippen LogP contribution is -2.25. The Labute approximate surface area is 156 Å². The lowest BCUT2D eigenvalue weighted by molar-refractivity contribution is 0.102. The molecule has 1 unspecified atom stereocenters. The third-order valence-corrected chi connectivity index (χ3v) is 4.78. The molecule has 0 aliphatic carbocycles. The molecule has 1 atom stereocenters. The van der Waals surface area contributed by atoms with Gasteiger partial charge in [0, 0.05) is 11.7 Å². The summed E-state index contributed by atoms with van der Waals surface area (Å²) in [7, 11) is 0. The molecule has 1 amide bonds. The number of anilines is 3. The second-order valence-electron chi connectivity index (χ2n) is 6.25. The van der Waals surface area contributed by atoms with E-state index in [0.29, 0.717) is 16.8 Å². The monoisotopic (exact) mass is 364 g/mol. The SMILES string of the molecule is CC1Cc2ccccc2N1c1cnc(C(=O)Nc2ccccc2Cl)cn1. The van der Waals surface area contributed by atoms with E-state index in [1.165, 1.54) is 11.8 Å². The van der Waals surface area contributed by atoms with Crippen LogP contribution in [-0.4, -0.2) is 21.9 Å². The second kappa shape index (κ2) is 6.77. The number of fused-ring (bicyclic) bond motifs is 1. The molecule has 0 saturated heterocycles. The van der Waals surface area contributed by atoms with Crippen LogP contribution in [0.4, 0.5) is 17.2 Å². The number of nitrogens with zero attached hydrogens (tertiary/aromatic N) is 3. The first-order valence-corrected chi connectivity index (χ1v) is 8.76. The number of rotatable bonds is 3. The average molecular weight is 365 g/mol. The molecule has 2 heterocycles. The van der Waals surface area contributed by atoms with E-state index in [1.807, 2.05) is 24.3 Å². The van der Waals surface area contributed by atoms with Crippen LogP contribution in [0.25, 0.3) is 0 Å². The van der Waals surface area contributed by atoms with Crippen molar-refractivity contribution < 1.29 is 4.79 Å². The standard InChI is InChI=1S/C20H17ClN4O/c1-13-10-14-6-2-5-9-18(14)25(13)19-12-22-17(11-23-19)20(26)24-16-8-4-3-7-15(16)21/h2-9,11-13H,10H2,1H3,(H,24,26). The van der Waals surface area contributed by atoms with Gasteiger partial charge in [-0.15, -0.1) is 0 Å². The first-order valence-electron chi connectivity index (χ1n) is 8.38. The van der Waals surface area contributed by atoms with Gasteiger partial charge in [-0.05, 0) is 37.1 Å². The van der Waals surface area contributed by atoms with Crippen molar-refractivity contribution in [3.05, 3.63) is 77.2 Å². The van der Waals surface area contributed by atoms with E-state index in [4.69, 9.17) is 11.6 Å². The van der Waals surface area contributed by atoms with Crippen LogP contribution in [0.1, 0.15) is 23.0 Å². The molecular weight excluding hydrogens is 348 g/mol. The molecule has 3 aromatic rings. The summed E-state index contributed by atoms with van der Waals surface area (Å²) in [5.41, 5.74) is 3.23. The van der Waals surface area contributed by atoms with Gasteiger partial charge in [0.1, 0.15) is 5.69 Å². The minimum atomic E-state index is -0.341. The molecule has 0 bridgehead atoms. The van der Waals surface area contributed by atoms with E-state index in [0.717, 1.165) is 17.9 Å². The van der Waals surface area contributed by atoms with Crippen molar-refractivity contribution in [1.82, 2.24) is 9.97 Å². The van der Waals surface area contributed by atoms with Gasteiger partial charge >= 0.3 is 0 Å². The Hall–Kier alpha value is -2.92. The first-order chi connectivity index (χ1) is 12.6. The van der Waals surface area contributed by atoms with Crippen LogP contribution in [0.15, 0.2) is 60.9 Å². The normalized spacial score (nSPS) is 15.6. The Morgan fingerprint density at radius 2 is 1.88 bits per heavy atom. The summed E-state index contributed by atoms with van der Waals surface area (Å²) in [6, 6.07) is 15.6. The minimum Gasteiger partial charge on any atom is -0.322 e. The topological polar surface area (TPSA) is 58.1 Å². The predicted molar refractivity (Wildman–Crippen MR) is 103 cm³/mol. The van der Waals surface area contributed by atoms with Gasteiger partial charge in [0.2, 0.25) is 0 Å². The molecule has 6 heteroatoms. The summed E-state index contributed by atoms with van der Waals surface area (Å²) in [5.74, 6) is 0.392. The number of benzene rings is 2. The molecular formula is C20H17ClN4O. The summed E-state index contributed by atoms with van der Waals surface area (Å²) in [4.78, 5) is 23.3. The third kappa shape index (κ3) is 3.02. The van der Waals surface area contributed by atoms with Crippen molar-refractivity contribution in [3.8, 4) is 0 Å². The fraction of sp³-hybridized carbons (Fsp3) is 0.150. The van der Waals surface area contributed by atoms with Crippen LogP contribution in [0.5, 0.6) is 0 Å². The van der Waals surface area contributed by atoms with Crippen LogP contribution in [0.2, 0.25) is 5.02 Å². The molecule has 0 fully saturated rings. The van der Waals surface area contributed by atoms with Gasteiger partial charge in [0.25, 0.3) is 5.91 Å². The summed E-state index contributed by atoms with van der Waals surface area (Å²) in [5, 5.41) is 3.23. The molecule has 0 spiro atoms. The van der Waals surface area contributed by atoms with Crippen LogP contribution >= 0.6 is 11.6 Å². The van der Waals surface area contributed by atoms with Gasteiger partial charge < -0.3 is 10.2 Å². The maximum absolute atomic E-state index is 12.4. The number of halogens is 1. The van der Waals surface area contributed by atoms with Gasteiger partial charge in [-0.1, -0.05) is 41.9 Å². The van der Waals surface area contributed by atoms with E-state index in [1.54, 1.807) is 18.3 Å². The number of carbonyl (C=O) groups is 1. The second-order valence-corrected chi connectivity index (χ2v) is 6.65. The smallest absolute Gasteiger partial charge is 0.275 e. The number of amides is 1. The van der Waals surface area contributed by atoms with E-state index >= 15 is 0 Å². The molecule has 1 aromatic heterocycles. The zero-order valence-electron chi connectivity index (χ0n) is 14.2. The average Bonchev–Trinajstić information content (AvgIpc) is 2.99. The van der Waals surface area contributed by atoms with Crippen LogP contribution in [0.3, 0.4) is 0 Å². The highest BCUT2D eigenvalue weighted by molar-refractivity contribution is 6.33. The van der Waals surface area contributed by atoms with Crippen LogP contribution in [-0.2, 0) is 6.42 Å². The number of hydrogen-bond donors (Lipinski definition) is 1. The van der Waals surface area contributed by atoms with Crippen molar-refractivity contribution in [2.75, 3.05) is 10.2 Å². The number of hydrogen-bond acceptors (Lipinski definition) is 4. The van der Waals surface area contributed by atoms with Gasteiger partial charge in [-0.25, -0.2) is 9.97 Å². The molecule has 1 aliphatic heterocycles. The van der Waals surface area contributed by atoms with Crippen LogP contribution in [0, 0.1) is 0 Å². The summed E-state index contributed by atoms with van der Waals surface area (Å²) in [6.07, 6.45) is 4.10. The number of para-hydroxylation sites is 2. The summed E-state index contributed by atoms with van der Waals surface area (Å²) in [6.45, 7) is 2.15. The largest absolute Gasteiger partial charge is 0.322 e. The van der Waals surface area contributed by atoms with Gasteiger partial charge in [0.15, 0.2) is 5.82 Å². The molecule has 0 saturated carbocycles. The Balaban J connectivity index is 1.56. The highest BCUT2D eigenvalue weighted by Crippen LogP contribution is 2.36. The van der Waals surface area contributed by atoms with Crippen molar-refractivity contribution in [2.45, 2.75) is 19.4 Å². The zero-order chi connectivity index (χ0) is 18.1. The van der Waals surface area contributed by atoms with Crippen molar-refractivity contribution in [2.24, 2.45) is 0 Å². The van der Waals surface area contributed by atoms with Gasteiger partial charge in [-0.3, -0.25) is 4.79 Å². The molecule has 0 radical (unpaired) electrons. The summed E-state index contributed by atoms with van der Waals surface area (Å²) < 4.78 is 0. The lowest BCUT2D eigenvalue weighted by Gasteiger charge is -2.23. The fourth-order valence-corrected chi connectivity index (χ4v) is 3.41. The molecule has 2 aromatic carbocycles. The van der Waals surface area contributed by atoms with Crippen molar-refractivity contribution in [3.63, 3.8) is 0 Å². The molecule has 4 rings (SSSR count). The van der Waals surface area contributed by atoms with Crippen molar-refractivity contribution >= 4 is 34.7 Å². The van der Waals surface area contributed by atoms with E-state index in [9.17, 15) is 4.79 Å². The number of nitrogens with one attached hydrogen (secondary N) is 1. The highest BCUT2D eigenvalue weighted by atomic mass is 35.5. The molecule has 1 aliphatic rings. The first kappa shape index (κ1) is 16.5. The quantitative estimate of drug-likeness (QED) is 0.745. The van der Waals surface area contributed by atoms with E-state index < -0.39 is 0 Å². The Morgan fingerprint density at radius 1 is 1.12 bits per heavy atom. The number of carbonyl (C=O) groups excluding carboxylic acids is 1. The van der Waals surface area contributed by atoms with E-state index in [2.05, 4.69) is 39.2 Å². The van der Waals surface area contributed by atoms with Crippen LogP contribution < -0.4 is 10.2 Å². The summed E-state index contributed by atoms with van der Waals surface area (Å²) >= 11 is 6.07. The zero-order valence-corrected chi connectivity index (χ0v) is 14.9. The minimum absolute atomic E-state index is 0.244. The predicted octanol–water partition coefficient (Wildman–Crippen LogP) is 4.47. The molecule has 1 N–H and O–H groups in total. The van der Waals surface area contributed by atoms with E-state index in [-0.39, 0.29) is 11.6 Å². The maximum atomic E-state index is 12.4. The highest BCUT2D eigenvalue weighted by Gasteiger charge is 2.28. The lowest BCUT2D eigenvalue weighted by atomic mass is 10.1. The third-order valence-electron chi connectivity index (χ3n) is 4.45.